The lowest BCUT2D eigenvalue weighted by molar-refractivity contribution is -0.142. The number of benzene rings is 2. The Hall–Kier alpha value is -3.68. The summed E-state index contributed by atoms with van der Waals surface area (Å²) >= 11 is 0. The molecule has 0 spiro atoms. The molecule has 4 amide bonds. The molecule has 2 aromatic carbocycles. The molecule has 0 unspecified atom stereocenters. The normalized spacial score (nSPS) is 23.7. The number of imide groups is 1. The van der Waals surface area contributed by atoms with E-state index in [1.807, 2.05) is 0 Å². The van der Waals surface area contributed by atoms with E-state index < -0.39 is 35.5 Å². The van der Waals surface area contributed by atoms with Gasteiger partial charge in [0.25, 0.3) is 11.8 Å². The molecule has 0 saturated carbocycles. The summed E-state index contributed by atoms with van der Waals surface area (Å²) in [5.41, 5.74) is 2.63. The van der Waals surface area contributed by atoms with Crippen molar-refractivity contribution < 1.29 is 23.9 Å². The molecule has 8 heteroatoms. The zero-order chi connectivity index (χ0) is 19.9. The molecule has 0 bridgehead atoms. The number of fused-ring (bicyclic) bond motifs is 1. The van der Waals surface area contributed by atoms with Crippen molar-refractivity contribution in [3.8, 4) is 0 Å². The molecule has 2 aliphatic rings. The molecule has 8 nitrogen and oxygen atoms in total. The number of carbonyl (C=O) groups excluding carboxylic acids is 4. The van der Waals surface area contributed by atoms with Gasteiger partial charge in [-0.25, -0.2) is 9.59 Å². The van der Waals surface area contributed by atoms with Crippen LogP contribution in [0.2, 0.25) is 0 Å². The number of cyclic esters (lactones) is 1. The van der Waals surface area contributed by atoms with E-state index in [4.69, 9.17) is 4.74 Å². The fraction of sp³-hybridized carbons (Fsp3) is 0.200. The molecular weight excluding hydrogens is 362 g/mol. The summed E-state index contributed by atoms with van der Waals surface area (Å²) < 4.78 is 5.17. The van der Waals surface area contributed by atoms with E-state index in [9.17, 15) is 19.2 Å². The number of amides is 4. The Morgan fingerprint density at radius 3 is 2.54 bits per heavy atom. The van der Waals surface area contributed by atoms with Crippen molar-refractivity contribution in [2.45, 2.75) is 25.0 Å². The Morgan fingerprint density at radius 1 is 1.11 bits per heavy atom. The predicted molar refractivity (Wildman–Crippen MR) is 96.7 cm³/mol. The molecule has 4 rings (SSSR count). The molecule has 2 N–H and O–H groups in total. The molecule has 28 heavy (non-hydrogen) atoms. The first kappa shape index (κ1) is 17.7. The number of hydrogen-bond donors (Lipinski definition) is 2. The topological polar surface area (TPSA) is 105 Å². The molecule has 1 saturated heterocycles. The molecular formula is C20H17N3O5. The van der Waals surface area contributed by atoms with Crippen LogP contribution in [0.5, 0.6) is 0 Å². The van der Waals surface area contributed by atoms with Gasteiger partial charge in [-0.1, -0.05) is 48.5 Å². The second-order valence-electron chi connectivity index (χ2n) is 6.79. The number of carbonyl (C=O) groups is 4. The molecule has 2 aromatic rings. The van der Waals surface area contributed by atoms with Crippen LogP contribution in [-0.4, -0.2) is 34.9 Å². The highest BCUT2D eigenvalue weighted by Gasteiger charge is 2.50. The van der Waals surface area contributed by atoms with Gasteiger partial charge in [-0.15, -0.1) is 0 Å². The number of ether oxygens (including phenoxy) is 1. The number of hydrazine groups is 1. The summed E-state index contributed by atoms with van der Waals surface area (Å²) in [5.74, 6) is -1.99. The zero-order valence-electron chi connectivity index (χ0n) is 15.0. The highest BCUT2D eigenvalue weighted by atomic mass is 16.5. The summed E-state index contributed by atoms with van der Waals surface area (Å²) in [6.07, 6.45) is -0.973. The largest absolute Gasteiger partial charge is 0.448 e. The van der Waals surface area contributed by atoms with Crippen LogP contribution in [0, 0.1) is 0 Å². The number of urea groups is 1. The smallest absolute Gasteiger partial charge is 0.344 e. The SMILES string of the molecule is C[C@]1(c2ccccc2)NC(=O)N(NC(=O)[C@H]2Cc3ccccc3C(=O)O2)C1=O. The third-order valence-electron chi connectivity index (χ3n) is 4.95. The minimum atomic E-state index is -1.30. The van der Waals surface area contributed by atoms with Crippen molar-refractivity contribution in [3.63, 3.8) is 0 Å². The van der Waals surface area contributed by atoms with E-state index >= 15 is 0 Å². The number of hydrogen-bond acceptors (Lipinski definition) is 5. The van der Waals surface area contributed by atoms with Crippen LogP contribution in [0.25, 0.3) is 0 Å². The van der Waals surface area contributed by atoms with Crippen molar-refractivity contribution >= 4 is 23.8 Å². The highest BCUT2D eigenvalue weighted by Crippen LogP contribution is 2.28. The van der Waals surface area contributed by atoms with Crippen molar-refractivity contribution in [2.75, 3.05) is 0 Å². The molecule has 1 fully saturated rings. The Morgan fingerprint density at radius 2 is 1.79 bits per heavy atom. The molecule has 2 heterocycles. The van der Waals surface area contributed by atoms with Crippen LogP contribution in [0.4, 0.5) is 4.79 Å². The van der Waals surface area contributed by atoms with E-state index in [1.165, 1.54) is 0 Å². The quantitative estimate of drug-likeness (QED) is 0.617. The molecule has 0 aliphatic carbocycles. The van der Waals surface area contributed by atoms with Crippen molar-refractivity contribution in [1.29, 1.82) is 0 Å². The fourth-order valence-electron chi connectivity index (χ4n) is 3.37. The summed E-state index contributed by atoms with van der Waals surface area (Å²) in [6.45, 7) is 1.56. The molecule has 0 radical (unpaired) electrons. The minimum absolute atomic E-state index is 0.160. The second kappa shape index (κ2) is 6.49. The lowest BCUT2D eigenvalue weighted by Gasteiger charge is -2.26. The van der Waals surface area contributed by atoms with Crippen LogP contribution in [0.1, 0.15) is 28.4 Å². The first-order valence-electron chi connectivity index (χ1n) is 8.72. The van der Waals surface area contributed by atoms with E-state index in [1.54, 1.807) is 61.5 Å². The van der Waals surface area contributed by atoms with Crippen LogP contribution in [-0.2, 0) is 26.3 Å². The van der Waals surface area contributed by atoms with E-state index in [2.05, 4.69) is 10.7 Å². The number of rotatable bonds is 3. The van der Waals surface area contributed by atoms with Crippen molar-refractivity contribution in [1.82, 2.24) is 15.8 Å². The van der Waals surface area contributed by atoms with Gasteiger partial charge in [-0.2, -0.15) is 5.01 Å². The van der Waals surface area contributed by atoms with Gasteiger partial charge in [0.2, 0.25) is 0 Å². The van der Waals surface area contributed by atoms with Gasteiger partial charge in [-0.3, -0.25) is 15.0 Å². The Balaban J connectivity index is 1.52. The standard InChI is InChI=1S/C20H17N3O5/c1-20(13-8-3-2-4-9-13)18(26)23(19(27)21-20)22-16(24)15-11-12-7-5-6-10-14(12)17(25)28-15/h2-10,15H,11H2,1H3,(H,21,27)(H,22,24)/t15-,20-/m1/s1. The average molecular weight is 379 g/mol. The predicted octanol–water partition coefficient (Wildman–Crippen LogP) is 1.27. The van der Waals surface area contributed by atoms with Gasteiger partial charge < -0.3 is 10.1 Å². The number of nitrogens with zero attached hydrogens (tertiary/aromatic N) is 1. The van der Waals surface area contributed by atoms with Gasteiger partial charge in [0.1, 0.15) is 5.54 Å². The Kier molecular flexibility index (Phi) is 4.11. The van der Waals surface area contributed by atoms with Crippen LogP contribution >= 0.6 is 0 Å². The van der Waals surface area contributed by atoms with Gasteiger partial charge in [0, 0.05) is 6.42 Å². The van der Waals surface area contributed by atoms with Gasteiger partial charge in [0.15, 0.2) is 6.10 Å². The fourth-order valence-corrected chi connectivity index (χ4v) is 3.37. The summed E-state index contributed by atoms with van der Waals surface area (Å²) in [4.78, 5) is 49.8. The summed E-state index contributed by atoms with van der Waals surface area (Å²) in [7, 11) is 0. The van der Waals surface area contributed by atoms with Crippen LogP contribution < -0.4 is 10.7 Å². The summed E-state index contributed by atoms with van der Waals surface area (Å²) in [6, 6.07) is 14.8. The molecule has 2 aliphatic heterocycles. The third-order valence-corrected chi connectivity index (χ3v) is 4.95. The number of esters is 1. The number of nitrogens with one attached hydrogen (secondary N) is 2. The Labute approximate surface area is 160 Å². The summed E-state index contributed by atoms with van der Waals surface area (Å²) in [5, 5.41) is 3.22. The molecule has 2 atom stereocenters. The zero-order valence-corrected chi connectivity index (χ0v) is 15.0. The lowest BCUT2D eigenvalue weighted by atomic mass is 9.92. The van der Waals surface area contributed by atoms with Crippen molar-refractivity contribution in [3.05, 3.63) is 71.3 Å². The monoisotopic (exact) mass is 379 g/mol. The van der Waals surface area contributed by atoms with Crippen LogP contribution in [0.15, 0.2) is 54.6 Å². The molecule has 142 valence electrons. The van der Waals surface area contributed by atoms with Crippen LogP contribution in [0.3, 0.4) is 0 Å². The highest BCUT2D eigenvalue weighted by molar-refractivity contribution is 6.08. The maximum absolute atomic E-state index is 12.8. The van der Waals surface area contributed by atoms with Gasteiger partial charge in [-0.05, 0) is 24.1 Å². The Bertz CT molecular complexity index is 990. The van der Waals surface area contributed by atoms with E-state index in [0.717, 1.165) is 0 Å². The minimum Gasteiger partial charge on any atom is -0.448 e. The van der Waals surface area contributed by atoms with E-state index in [-0.39, 0.29) is 6.42 Å². The van der Waals surface area contributed by atoms with Crippen molar-refractivity contribution in [2.24, 2.45) is 0 Å². The second-order valence-corrected chi connectivity index (χ2v) is 6.79. The molecule has 0 aromatic heterocycles. The third kappa shape index (κ3) is 2.79. The first-order chi connectivity index (χ1) is 13.4. The average Bonchev–Trinajstić information content (AvgIpc) is 2.92. The van der Waals surface area contributed by atoms with E-state index in [0.29, 0.717) is 21.7 Å². The maximum atomic E-state index is 12.8. The first-order valence-corrected chi connectivity index (χ1v) is 8.72. The lowest BCUT2D eigenvalue weighted by Crippen LogP contribution is -2.52. The van der Waals surface area contributed by atoms with Gasteiger partial charge in [0.05, 0.1) is 5.56 Å². The maximum Gasteiger partial charge on any atom is 0.344 e. The van der Waals surface area contributed by atoms with Gasteiger partial charge >= 0.3 is 12.0 Å².